The topological polar surface area (TPSA) is 60.7 Å². The van der Waals surface area contributed by atoms with Crippen molar-refractivity contribution in [3.8, 4) is 0 Å². The first-order chi connectivity index (χ1) is 9.30. The maximum absolute atomic E-state index is 10.2. The fraction of sp³-hybridized carbons (Fsp3) is 0.625. The van der Waals surface area contributed by atoms with E-state index in [1.165, 1.54) is 19.3 Å². The van der Waals surface area contributed by atoms with Gasteiger partial charge in [-0.15, -0.1) is 0 Å². The van der Waals surface area contributed by atoms with Crippen molar-refractivity contribution >= 4 is 12.6 Å². The van der Waals surface area contributed by atoms with Crippen molar-refractivity contribution in [1.29, 1.82) is 0 Å². The Morgan fingerprint density at radius 3 is 2.00 bits per heavy atom. The molecule has 4 heteroatoms. The summed E-state index contributed by atoms with van der Waals surface area (Å²) in [5.41, 5.74) is 0. The molecule has 0 atom stereocenters. The van der Waals surface area contributed by atoms with E-state index in [1.54, 1.807) is 30.3 Å². The van der Waals surface area contributed by atoms with Crippen LogP contribution in [0.5, 0.6) is 0 Å². The maximum atomic E-state index is 10.2. The third kappa shape index (κ3) is 6.32. The summed E-state index contributed by atoms with van der Waals surface area (Å²) in [6.45, 7) is 4.46. The average molecular weight is 300 g/mol. The van der Waals surface area contributed by atoms with Gasteiger partial charge in [-0.25, -0.2) is 0 Å². The van der Waals surface area contributed by atoms with Gasteiger partial charge in [-0.05, 0) is 0 Å². The van der Waals surface area contributed by atoms with Crippen LogP contribution in [0.15, 0.2) is 30.3 Å². The molecular weight excluding hydrogens is 271 g/mol. The van der Waals surface area contributed by atoms with E-state index < -0.39 is 7.28 Å². The molecule has 0 heterocycles. The van der Waals surface area contributed by atoms with Crippen LogP contribution in [0.3, 0.4) is 0 Å². The number of benzene rings is 1. The zero-order valence-electron chi connectivity index (χ0n) is 12.7. The van der Waals surface area contributed by atoms with Crippen LogP contribution in [0.4, 0.5) is 0 Å². The fourth-order valence-corrected chi connectivity index (χ4v) is 4.20. The van der Waals surface area contributed by atoms with Gasteiger partial charge in [0.15, 0.2) is 0 Å². The van der Waals surface area contributed by atoms with E-state index in [2.05, 4.69) is 13.8 Å². The summed E-state index contributed by atoms with van der Waals surface area (Å²) in [6, 6.07) is 8.39. The number of hydrogen-bond donors (Lipinski definition) is 3. The Hall–Kier alpha value is -0.470. The summed E-state index contributed by atoms with van der Waals surface area (Å²) >= 11 is 0. The van der Waals surface area contributed by atoms with Crippen molar-refractivity contribution in [2.45, 2.75) is 52.4 Å². The van der Waals surface area contributed by atoms with Crippen molar-refractivity contribution in [2.24, 2.45) is 5.92 Å². The predicted octanol–water partition coefficient (Wildman–Crippen LogP) is 3.58. The summed E-state index contributed by atoms with van der Waals surface area (Å²) in [5.74, 6) is 0.753. The van der Waals surface area contributed by atoms with Gasteiger partial charge in [-0.3, -0.25) is 0 Å². The summed E-state index contributed by atoms with van der Waals surface area (Å²) in [7, 11) is -4.64. The van der Waals surface area contributed by atoms with E-state index in [4.69, 9.17) is 0 Å². The molecule has 0 bridgehead atoms. The first kappa shape index (κ1) is 17.6. The molecule has 0 aliphatic heterocycles. The Bertz CT molecular complexity index is 382. The Labute approximate surface area is 122 Å². The molecule has 0 saturated heterocycles. The van der Waals surface area contributed by atoms with E-state index in [1.807, 2.05) is 0 Å². The van der Waals surface area contributed by atoms with Gasteiger partial charge < -0.3 is 0 Å². The van der Waals surface area contributed by atoms with Gasteiger partial charge >= 0.3 is 122 Å². The first-order valence-electron chi connectivity index (χ1n) is 7.61. The van der Waals surface area contributed by atoms with Gasteiger partial charge in [0.1, 0.15) is 0 Å². The van der Waals surface area contributed by atoms with E-state index >= 15 is 0 Å². The van der Waals surface area contributed by atoms with Gasteiger partial charge in [-0.1, -0.05) is 0 Å². The zero-order chi connectivity index (χ0) is 15.1. The Morgan fingerprint density at radius 2 is 1.40 bits per heavy atom. The van der Waals surface area contributed by atoms with Gasteiger partial charge in [0.25, 0.3) is 0 Å². The van der Waals surface area contributed by atoms with Gasteiger partial charge in [0.2, 0.25) is 0 Å². The molecule has 1 aromatic carbocycles. The van der Waals surface area contributed by atoms with Gasteiger partial charge in [-0.2, -0.15) is 0 Å². The molecule has 0 fully saturated rings. The Morgan fingerprint density at radius 1 is 0.850 bits per heavy atom. The number of rotatable bonds is 9. The normalized spacial score (nSPS) is 14.2. The molecule has 0 amide bonds. The molecule has 3 N–H and O–H groups in total. The Balaban J connectivity index is 2.30. The second-order valence-electron chi connectivity index (χ2n) is 6.16. The second-order valence-corrected chi connectivity index (χ2v) is 9.43. The van der Waals surface area contributed by atoms with E-state index in [9.17, 15) is 14.7 Å². The molecule has 116 valence electrons. The third-order valence-corrected chi connectivity index (χ3v) is 6.13. The minimum absolute atomic E-state index is 0.0692. The Kier molecular flexibility index (Phi) is 6.60. The summed E-state index contributed by atoms with van der Waals surface area (Å²) < 4.78 is 0. The van der Waals surface area contributed by atoms with Crippen molar-refractivity contribution in [2.75, 3.05) is 6.16 Å². The van der Waals surface area contributed by atoms with Crippen molar-refractivity contribution in [3.63, 3.8) is 0 Å². The molecule has 1 rings (SSSR count). The van der Waals surface area contributed by atoms with Crippen LogP contribution in [0.2, 0.25) is 0 Å². The van der Waals surface area contributed by atoms with E-state index in [0.29, 0.717) is 6.42 Å². The molecule has 0 radical (unpaired) electrons. The number of hydrogen-bond acceptors (Lipinski definition) is 3. The molecule has 0 spiro atoms. The molecule has 0 aliphatic rings. The third-order valence-electron chi connectivity index (χ3n) is 3.64. The summed E-state index contributed by atoms with van der Waals surface area (Å²) in [4.78, 5) is 30.5. The standard InChI is InChI=1S/C16H29O3P/c1-15(2)11-7-4-3-5-10-14-20(17,18,19)16-12-8-6-9-13-16/h6,8-9,12-13,15,17-19H,3-5,7,10-11,14H2,1-2H3. The van der Waals surface area contributed by atoms with Crippen LogP contribution in [-0.2, 0) is 0 Å². The van der Waals surface area contributed by atoms with Crippen molar-refractivity contribution in [1.82, 2.24) is 0 Å². The molecule has 1 aromatic rings. The molecule has 0 aliphatic carbocycles. The molecule has 0 unspecified atom stereocenters. The molecular formula is C16H29O3P. The monoisotopic (exact) mass is 300 g/mol. The van der Waals surface area contributed by atoms with Crippen molar-refractivity contribution in [3.05, 3.63) is 30.3 Å². The molecule has 0 aromatic heterocycles. The van der Waals surface area contributed by atoms with Gasteiger partial charge in [0.05, 0.1) is 0 Å². The summed E-state index contributed by atoms with van der Waals surface area (Å²) in [6.07, 6.45) is 6.42. The van der Waals surface area contributed by atoms with Crippen LogP contribution in [-0.4, -0.2) is 20.8 Å². The molecule has 3 nitrogen and oxygen atoms in total. The van der Waals surface area contributed by atoms with Crippen molar-refractivity contribution < 1.29 is 14.7 Å². The van der Waals surface area contributed by atoms with E-state index in [0.717, 1.165) is 18.8 Å². The quantitative estimate of drug-likeness (QED) is 0.482. The molecule has 0 saturated carbocycles. The van der Waals surface area contributed by atoms with Crippen LogP contribution >= 0.6 is 7.28 Å². The number of unbranched alkanes of at least 4 members (excludes halogenated alkanes) is 4. The fourth-order valence-electron chi connectivity index (χ4n) is 2.35. The average Bonchev–Trinajstić information content (AvgIpc) is 2.38. The molecule has 20 heavy (non-hydrogen) atoms. The predicted molar refractivity (Wildman–Crippen MR) is 87.1 cm³/mol. The minimum atomic E-state index is -4.64. The van der Waals surface area contributed by atoms with Crippen LogP contribution in [0.1, 0.15) is 52.4 Å². The van der Waals surface area contributed by atoms with Crippen LogP contribution in [0.25, 0.3) is 0 Å². The summed E-state index contributed by atoms with van der Waals surface area (Å²) in [5, 5.41) is 0.262. The van der Waals surface area contributed by atoms with Crippen LogP contribution in [0, 0.1) is 5.92 Å². The SMILES string of the molecule is CC(C)CCCCCCCP(O)(O)(O)c1ccccc1. The second kappa shape index (κ2) is 7.51. The first-order valence-corrected chi connectivity index (χ1v) is 9.89. The zero-order valence-corrected chi connectivity index (χ0v) is 13.6. The van der Waals surface area contributed by atoms with Gasteiger partial charge in [0, 0.05) is 0 Å². The van der Waals surface area contributed by atoms with E-state index in [-0.39, 0.29) is 11.5 Å². The van der Waals surface area contributed by atoms with Crippen LogP contribution < -0.4 is 5.30 Å².